The Balaban J connectivity index is 1.99. The number of ether oxygens (including phenoxy) is 4. The third-order valence-electron chi connectivity index (χ3n) is 9.90. The molecule has 0 saturated carbocycles. The van der Waals surface area contributed by atoms with Crippen LogP contribution in [0.25, 0.3) is 0 Å². The standard InChI is InChI=1S/C31H57N3O7/c1-19-15-31(6,38-11)27(41-28-25(35)23(32(7)8)14-20(2)40-28)21(3)26(36)30(4,5)29(37)39-18-24(34(10)16-19)22-12-13-33(9)17-22/h19-25,27-28,35H,12-18H2,1-11H3/t19-,20-,21+,22?,23+,24+,25-,27-,28+,31-/m1/s1. The van der Waals surface area contributed by atoms with E-state index in [1.165, 1.54) is 0 Å². The highest BCUT2D eigenvalue weighted by atomic mass is 16.7. The van der Waals surface area contributed by atoms with Gasteiger partial charge in [-0.3, -0.25) is 14.5 Å². The molecule has 3 fully saturated rings. The fourth-order valence-electron chi connectivity index (χ4n) is 7.34. The van der Waals surface area contributed by atoms with Gasteiger partial charge in [0.05, 0.1) is 17.8 Å². The Morgan fingerprint density at radius 1 is 1.07 bits per heavy atom. The van der Waals surface area contributed by atoms with Gasteiger partial charge in [-0.25, -0.2) is 0 Å². The van der Waals surface area contributed by atoms with Crippen LogP contribution in [0.2, 0.25) is 0 Å². The predicted octanol–water partition coefficient (Wildman–Crippen LogP) is 2.27. The van der Waals surface area contributed by atoms with Gasteiger partial charge in [-0.1, -0.05) is 13.8 Å². The average molecular weight is 584 g/mol. The lowest BCUT2D eigenvalue weighted by atomic mass is 9.74. The van der Waals surface area contributed by atoms with Crippen molar-refractivity contribution in [2.24, 2.45) is 23.2 Å². The van der Waals surface area contributed by atoms with Crippen molar-refractivity contribution in [3.05, 3.63) is 0 Å². The molecule has 41 heavy (non-hydrogen) atoms. The molecule has 0 aromatic heterocycles. The zero-order valence-corrected chi connectivity index (χ0v) is 27.4. The first kappa shape index (κ1) is 34.4. The summed E-state index contributed by atoms with van der Waals surface area (Å²) in [5.41, 5.74) is -2.29. The SMILES string of the molecule is CO[C@]1(C)C[C@@H](C)CN(C)[C@H](C2CCN(C)C2)COC(=O)C(C)(C)C(=O)[C@H](C)[C@H]1O[C@@H]1O[C@H](C)C[C@H](N(C)C)[C@H]1O. The summed E-state index contributed by atoms with van der Waals surface area (Å²) < 4.78 is 24.9. The summed E-state index contributed by atoms with van der Waals surface area (Å²) in [6.45, 7) is 14.1. The van der Waals surface area contributed by atoms with E-state index in [1.54, 1.807) is 27.9 Å². The highest BCUT2D eigenvalue weighted by molar-refractivity contribution is 6.04. The van der Waals surface area contributed by atoms with Gasteiger partial charge in [0.2, 0.25) is 0 Å². The average Bonchev–Trinajstić information content (AvgIpc) is 3.32. The van der Waals surface area contributed by atoms with E-state index in [0.29, 0.717) is 18.8 Å². The number of hydrogen-bond donors (Lipinski definition) is 1. The Morgan fingerprint density at radius 2 is 1.73 bits per heavy atom. The van der Waals surface area contributed by atoms with E-state index >= 15 is 0 Å². The lowest BCUT2D eigenvalue weighted by Gasteiger charge is -2.47. The van der Waals surface area contributed by atoms with Gasteiger partial charge in [0.25, 0.3) is 0 Å². The second-order valence-electron chi connectivity index (χ2n) is 14.1. The normalized spacial score (nSPS) is 42.4. The van der Waals surface area contributed by atoms with Crippen molar-refractivity contribution >= 4 is 11.8 Å². The molecule has 0 aromatic rings. The van der Waals surface area contributed by atoms with E-state index in [1.807, 2.05) is 32.8 Å². The summed E-state index contributed by atoms with van der Waals surface area (Å²) in [5, 5.41) is 11.3. The molecule has 10 atom stereocenters. The number of likely N-dealkylation sites (N-methyl/N-ethyl adjacent to an activating group) is 2. The molecule has 0 amide bonds. The minimum absolute atomic E-state index is 0.0477. The first-order valence-corrected chi connectivity index (χ1v) is 15.3. The summed E-state index contributed by atoms with van der Waals surface area (Å²) >= 11 is 0. The maximum Gasteiger partial charge on any atom is 0.319 e. The smallest absolute Gasteiger partial charge is 0.319 e. The number of carbonyl (C=O) groups is 2. The molecule has 3 heterocycles. The van der Waals surface area contributed by atoms with E-state index in [-0.39, 0.29) is 36.5 Å². The first-order valence-electron chi connectivity index (χ1n) is 15.3. The van der Waals surface area contributed by atoms with E-state index in [2.05, 4.69) is 30.8 Å². The van der Waals surface area contributed by atoms with Crippen LogP contribution in [0.3, 0.4) is 0 Å². The molecule has 238 valence electrons. The molecule has 0 aliphatic carbocycles. The van der Waals surface area contributed by atoms with Crippen LogP contribution in [-0.4, -0.2) is 135 Å². The minimum atomic E-state index is -1.39. The second kappa shape index (κ2) is 13.7. The molecule has 1 unspecified atom stereocenters. The molecule has 10 heteroatoms. The number of rotatable bonds is 5. The zero-order valence-electron chi connectivity index (χ0n) is 27.4. The van der Waals surface area contributed by atoms with Gasteiger partial charge in [0.15, 0.2) is 12.1 Å². The summed E-state index contributed by atoms with van der Waals surface area (Å²) in [4.78, 5) is 34.2. The Bertz CT molecular complexity index is 901. The molecule has 10 nitrogen and oxygen atoms in total. The molecule has 3 rings (SSSR count). The fourth-order valence-corrected chi connectivity index (χ4v) is 7.34. The van der Waals surface area contributed by atoms with Gasteiger partial charge in [0.1, 0.15) is 18.1 Å². The number of methoxy groups -OCH3 is 1. The highest BCUT2D eigenvalue weighted by Gasteiger charge is 2.51. The number of carbonyl (C=O) groups excluding carboxylic acids is 2. The van der Waals surface area contributed by atoms with E-state index in [0.717, 1.165) is 26.1 Å². The Labute approximate surface area is 248 Å². The molecule has 1 N–H and O–H groups in total. The molecule has 0 radical (unpaired) electrons. The monoisotopic (exact) mass is 583 g/mol. The van der Waals surface area contributed by atoms with Gasteiger partial charge in [0, 0.05) is 38.2 Å². The minimum Gasteiger partial charge on any atom is -0.463 e. The van der Waals surface area contributed by atoms with Crippen molar-refractivity contribution in [3.63, 3.8) is 0 Å². The Morgan fingerprint density at radius 3 is 2.29 bits per heavy atom. The highest BCUT2D eigenvalue weighted by Crippen LogP contribution is 2.38. The van der Waals surface area contributed by atoms with Crippen LogP contribution in [0.15, 0.2) is 0 Å². The van der Waals surface area contributed by atoms with Crippen molar-refractivity contribution in [2.45, 2.75) is 103 Å². The van der Waals surface area contributed by atoms with Gasteiger partial charge in [-0.2, -0.15) is 0 Å². The summed E-state index contributed by atoms with van der Waals surface area (Å²) in [7, 11) is 9.71. The molecule has 0 spiro atoms. The lowest BCUT2D eigenvalue weighted by molar-refractivity contribution is -0.295. The number of likely N-dealkylation sites (tertiary alicyclic amines) is 1. The fraction of sp³-hybridized carbons (Fsp3) is 0.935. The van der Waals surface area contributed by atoms with Crippen LogP contribution in [0.4, 0.5) is 0 Å². The van der Waals surface area contributed by atoms with Gasteiger partial charge in [-0.05, 0) is 93.5 Å². The summed E-state index contributed by atoms with van der Waals surface area (Å²) in [5.74, 6) is -1.00. The van der Waals surface area contributed by atoms with Crippen molar-refractivity contribution in [3.8, 4) is 0 Å². The summed E-state index contributed by atoms with van der Waals surface area (Å²) in [6, 6.07) is -0.115. The number of aliphatic hydroxyl groups excluding tert-OH is 1. The Kier molecular flexibility index (Phi) is 11.4. The van der Waals surface area contributed by atoms with Crippen molar-refractivity contribution in [1.29, 1.82) is 0 Å². The van der Waals surface area contributed by atoms with Gasteiger partial charge >= 0.3 is 5.97 Å². The third-order valence-corrected chi connectivity index (χ3v) is 9.90. The number of aliphatic hydroxyl groups is 1. The first-order chi connectivity index (χ1) is 19.0. The van der Waals surface area contributed by atoms with Crippen LogP contribution in [0.5, 0.6) is 0 Å². The maximum absolute atomic E-state index is 14.1. The van der Waals surface area contributed by atoms with Crippen molar-refractivity contribution < 1.29 is 33.6 Å². The molecular weight excluding hydrogens is 526 g/mol. The molecule has 3 aliphatic rings. The van der Waals surface area contributed by atoms with Crippen LogP contribution in [0, 0.1) is 23.2 Å². The van der Waals surface area contributed by atoms with Crippen molar-refractivity contribution in [2.75, 3.05) is 61.5 Å². The number of nitrogens with zero attached hydrogens (tertiary/aromatic N) is 3. The number of hydrogen-bond acceptors (Lipinski definition) is 10. The van der Waals surface area contributed by atoms with Gasteiger partial charge in [-0.15, -0.1) is 0 Å². The maximum atomic E-state index is 14.1. The van der Waals surface area contributed by atoms with E-state index in [4.69, 9.17) is 18.9 Å². The van der Waals surface area contributed by atoms with E-state index in [9.17, 15) is 14.7 Å². The molecular formula is C31H57N3O7. The molecule has 3 saturated heterocycles. The predicted molar refractivity (Wildman–Crippen MR) is 157 cm³/mol. The molecule has 3 aliphatic heterocycles. The van der Waals surface area contributed by atoms with Crippen LogP contribution in [-0.2, 0) is 28.5 Å². The largest absolute Gasteiger partial charge is 0.463 e. The van der Waals surface area contributed by atoms with Crippen LogP contribution < -0.4 is 0 Å². The lowest BCUT2D eigenvalue weighted by Crippen LogP contribution is -2.59. The number of esters is 1. The topological polar surface area (TPSA) is 101 Å². The third kappa shape index (κ3) is 7.69. The molecule has 0 aromatic carbocycles. The van der Waals surface area contributed by atoms with Crippen molar-refractivity contribution in [1.82, 2.24) is 14.7 Å². The Hall–Kier alpha value is -1.14. The number of ketones is 1. The zero-order chi connectivity index (χ0) is 30.9. The summed E-state index contributed by atoms with van der Waals surface area (Å²) in [6.07, 6.45) is -0.482. The number of Topliss-reactive ketones (excluding diaryl/α,β-unsaturated/α-hetero) is 1. The van der Waals surface area contributed by atoms with Gasteiger partial charge < -0.3 is 33.9 Å². The number of cyclic esters (lactones) is 1. The van der Waals surface area contributed by atoms with Crippen LogP contribution in [0.1, 0.15) is 60.8 Å². The van der Waals surface area contributed by atoms with Crippen LogP contribution >= 0.6 is 0 Å². The van der Waals surface area contributed by atoms with E-state index < -0.39 is 41.4 Å². The molecule has 0 bridgehead atoms. The quantitative estimate of drug-likeness (QED) is 0.383. The second-order valence-corrected chi connectivity index (χ2v) is 14.1.